The lowest BCUT2D eigenvalue weighted by molar-refractivity contribution is 0.00820. The molecule has 6 nitrogen and oxygen atoms in total. The van der Waals surface area contributed by atoms with Gasteiger partial charge in [0.05, 0.1) is 30.5 Å². The summed E-state index contributed by atoms with van der Waals surface area (Å²) in [6.45, 7) is 11.1. The molecule has 0 unspecified atom stereocenters. The van der Waals surface area contributed by atoms with E-state index < -0.39 is 0 Å². The van der Waals surface area contributed by atoms with E-state index in [2.05, 4.69) is 39.8 Å². The van der Waals surface area contributed by atoms with Gasteiger partial charge in [0.2, 0.25) is 0 Å². The molecular weight excluding hydrogens is 497 g/mol. The van der Waals surface area contributed by atoms with Gasteiger partial charge in [-0.1, -0.05) is 33.1 Å². The number of hydrogen-bond acceptors (Lipinski definition) is 5. The zero-order valence-corrected chi connectivity index (χ0v) is 21.4. The van der Waals surface area contributed by atoms with Crippen LogP contribution in [0.1, 0.15) is 62.6 Å². The summed E-state index contributed by atoms with van der Waals surface area (Å²) in [5.74, 6) is 1.37. The van der Waals surface area contributed by atoms with E-state index in [0.29, 0.717) is 11.3 Å². The van der Waals surface area contributed by atoms with Crippen molar-refractivity contribution in [1.29, 1.82) is 0 Å². The van der Waals surface area contributed by atoms with Crippen molar-refractivity contribution in [1.82, 2.24) is 20.5 Å². The van der Waals surface area contributed by atoms with Crippen LogP contribution >= 0.6 is 35.3 Å². The molecule has 8 heteroatoms. The van der Waals surface area contributed by atoms with E-state index in [9.17, 15) is 0 Å². The quantitative estimate of drug-likeness (QED) is 0.316. The second-order valence-corrected chi connectivity index (χ2v) is 9.45. The van der Waals surface area contributed by atoms with Gasteiger partial charge in [0.25, 0.3) is 0 Å². The average Bonchev–Trinajstić information content (AvgIpc) is 3.19. The number of hydrogen-bond donors (Lipinski definition) is 2. The van der Waals surface area contributed by atoms with Crippen molar-refractivity contribution < 1.29 is 4.74 Å². The van der Waals surface area contributed by atoms with Gasteiger partial charge in [0.15, 0.2) is 5.96 Å². The number of guanidine groups is 1. The number of halogens is 1. The Labute approximate surface area is 197 Å². The van der Waals surface area contributed by atoms with Crippen molar-refractivity contribution in [3.8, 4) is 0 Å². The van der Waals surface area contributed by atoms with Crippen molar-refractivity contribution in [2.75, 3.05) is 46.4 Å². The summed E-state index contributed by atoms with van der Waals surface area (Å²) in [7, 11) is 1.85. The molecule has 0 spiro atoms. The second kappa shape index (κ2) is 12.4. The summed E-state index contributed by atoms with van der Waals surface area (Å²) in [6.07, 6.45) is 6.67. The molecule has 1 saturated heterocycles. The highest BCUT2D eigenvalue weighted by atomic mass is 127. The van der Waals surface area contributed by atoms with Crippen LogP contribution < -0.4 is 10.6 Å². The van der Waals surface area contributed by atoms with Gasteiger partial charge in [0, 0.05) is 49.9 Å². The Kier molecular flexibility index (Phi) is 10.6. The summed E-state index contributed by atoms with van der Waals surface area (Å²) in [4.78, 5) is 11.7. The zero-order valence-electron chi connectivity index (χ0n) is 18.2. The van der Waals surface area contributed by atoms with E-state index in [0.717, 1.165) is 51.0 Å². The average molecular weight is 536 g/mol. The van der Waals surface area contributed by atoms with Crippen LogP contribution in [0.25, 0.3) is 0 Å². The molecule has 2 aliphatic rings. The lowest BCUT2D eigenvalue weighted by atomic mass is 9.73. The van der Waals surface area contributed by atoms with Crippen LogP contribution in [-0.4, -0.2) is 62.3 Å². The topological polar surface area (TPSA) is 61.8 Å². The largest absolute Gasteiger partial charge is 0.379 e. The maximum Gasteiger partial charge on any atom is 0.191 e. The summed E-state index contributed by atoms with van der Waals surface area (Å²) in [6, 6.07) is 0. The summed E-state index contributed by atoms with van der Waals surface area (Å²) < 4.78 is 5.54. The molecule has 0 bridgehead atoms. The van der Waals surface area contributed by atoms with Gasteiger partial charge in [0.1, 0.15) is 0 Å². The third kappa shape index (κ3) is 7.63. The van der Waals surface area contributed by atoms with Gasteiger partial charge in [-0.25, -0.2) is 4.98 Å². The first-order valence-electron chi connectivity index (χ1n) is 10.8. The van der Waals surface area contributed by atoms with Gasteiger partial charge in [-0.3, -0.25) is 9.89 Å². The number of thiazole rings is 1. The van der Waals surface area contributed by atoms with Crippen LogP contribution in [0.4, 0.5) is 0 Å². The molecule has 29 heavy (non-hydrogen) atoms. The van der Waals surface area contributed by atoms with E-state index >= 15 is 0 Å². The van der Waals surface area contributed by atoms with Crippen molar-refractivity contribution >= 4 is 41.3 Å². The Morgan fingerprint density at radius 2 is 1.97 bits per heavy atom. The van der Waals surface area contributed by atoms with Gasteiger partial charge in [-0.05, 0) is 12.8 Å². The number of aromatic nitrogens is 1. The molecular formula is C21H38IN5OS. The Bertz CT molecular complexity index is 624. The maximum absolute atomic E-state index is 5.54. The molecule has 1 aliphatic carbocycles. The highest BCUT2D eigenvalue weighted by Crippen LogP contribution is 2.36. The summed E-state index contributed by atoms with van der Waals surface area (Å²) in [5.41, 5.74) is 1.44. The molecule has 1 aliphatic heterocycles. The third-order valence-electron chi connectivity index (χ3n) is 5.93. The van der Waals surface area contributed by atoms with Crippen LogP contribution in [0.2, 0.25) is 0 Å². The number of aliphatic imine (C=N–C) groups is 1. The molecule has 1 aromatic rings. The molecule has 2 N–H and O–H groups in total. The summed E-state index contributed by atoms with van der Waals surface area (Å²) in [5, 5.41) is 10.4. The molecule has 1 aromatic heterocycles. The standard InChI is InChI=1S/C21H37N5OS.HI/c1-17(2)19-25-18(14-28-19)13-23-20(22-3)24-15-21(7-5-4-6-8-21)16-26-9-11-27-12-10-26;/h14,17H,4-13,15-16H2,1-3H3,(H2,22,23,24);1H. The third-order valence-corrected chi connectivity index (χ3v) is 7.13. The monoisotopic (exact) mass is 535 g/mol. The maximum atomic E-state index is 5.54. The predicted molar refractivity (Wildman–Crippen MR) is 133 cm³/mol. The van der Waals surface area contributed by atoms with Gasteiger partial charge >= 0.3 is 0 Å². The zero-order chi connectivity index (χ0) is 19.8. The Balaban J connectivity index is 0.00000300. The molecule has 2 heterocycles. The molecule has 166 valence electrons. The van der Waals surface area contributed by atoms with Crippen LogP contribution in [0.3, 0.4) is 0 Å². The van der Waals surface area contributed by atoms with Crippen LogP contribution in [0, 0.1) is 5.41 Å². The Hall–Kier alpha value is -0.450. The van der Waals surface area contributed by atoms with Gasteiger partial charge in [-0.15, -0.1) is 35.3 Å². The first-order chi connectivity index (χ1) is 13.6. The van der Waals surface area contributed by atoms with Crippen molar-refractivity contribution in [3.63, 3.8) is 0 Å². The van der Waals surface area contributed by atoms with Crippen LogP contribution in [0.5, 0.6) is 0 Å². The normalized spacial score (nSPS) is 20.3. The number of nitrogens with one attached hydrogen (secondary N) is 2. The minimum absolute atomic E-state index is 0. The second-order valence-electron chi connectivity index (χ2n) is 8.56. The van der Waals surface area contributed by atoms with E-state index in [4.69, 9.17) is 9.72 Å². The molecule has 1 saturated carbocycles. The Morgan fingerprint density at radius 3 is 2.59 bits per heavy atom. The van der Waals surface area contributed by atoms with Crippen molar-refractivity contribution in [3.05, 3.63) is 16.1 Å². The Morgan fingerprint density at radius 1 is 1.24 bits per heavy atom. The van der Waals surface area contributed by atoms with Crippen molar-refractivity contribution in [2.24, 2.45) is 10.4 Å². The fraction of sp³-hybridized carbons (Fsp3) is 0.810. The predicted octanol–water partition coefficient (Wildman–Crippen LogP) is 3.83. The lowest BCUT2D eigenvalue weighted by Crippen LogP contribution is -2.51. The number of morpholine rings is 1. The number of rotatable bonds is 7. The smallest absolute Gasteiger partial charge is 0.191 e. The lowest BCUT2D eigenvalue weighted by Gasteiger charge is -2.42. The molecule has 2 fully saturated rings. The van der Waals surface area contributed by atoms with Crippen molar-refractivity contribution in [2.45, 2.75) is 58.4 Å². The fourth-order valence-electron chi connectivity index (χ4n) is 4.26. The molecule has 0 radical (unpaired) electrons. The molecule has 0 amide bonds. The minimum Gasteiger partial charge on any atom is -0.379 e. The first kappa shape index (κ1) is 24.8. The summed E-state index contributed by atoms with van der Waals surface area (Å²) >= 11 is 1.74. The molecule has 0 atom stereocenters. The van der Waals surface area contributed by atoms with E-state index in [1.165, 1.54) is 43.7 Å². The molecule has 0 aromatic carbocycles. The SMILES string of the molecule is CN=C(NCc1csc(C(C)C)n1)NCC1(CN2CCOCC2)CCCCC1.I. The number of ether oxygens (including phenoxy) is 1. The highest BCUT2D eigenvalue weighted by molar-refractivity contribution is 14.0. The van der Waals surface area contributed by atoms with Crippen LogP contribution in [0.15, 0.2) is 10.4 Å². The van der Waals surface area contributed by atoms with Gasteiger partial charge in [-0.2, -0.15) is 0 Å². The van der Waals surface area contributed by atoms with Gasteiger partial charge < -0.3 is 15.4 Å². The highest BCUT2D eigenvalue weighted by Gasteiger charge is 2.34. The van der Waals surface area contributed by atoms with E-state index in [1.807, 2.05) is 7.05 Å². The van der Waals surface area contributed by atoms with E-state index in [-0.39, 0.29) is 24.0 Å². The minimum atomic E-state index is 0. The number of nitrogens with zero attached hydrogens (tertiary/aromatic N) is 3. The fourth-order valence-corrected chi connectivity index (χ4v) is 5.10. The van der Waals surface area contributed by atoms with E-state index in [1.54, 1.807) is 11.3 Å². The first-order valence-corrected chi connectivity index (χ1v) is 11.7. The molecule has 3 rings (SSSR count). The van der Waals surface area contributed by atoms with Crippen LogP contribution in [-0.2, 0) is 11.3 Å².